The Bertz CT molecular complexity index is 506. The van der Waals surface area contributed by atoms with Gasteiger partial charge in [-0.05, 0) is 43.7 Å². The molecule has 2 N–H and O–H groups in total. The van der Waals surface area contributed by atoms with Gasteiger partial charge in [-0.1, -0.05) is 17.7 Å². The molecule has 102 valence electrons. The van der Waals surface area contributed by atoms with Crippen LogP contribution in [0.4, 0.5) is 0 Å². The lowest BCUT2D eigenvalue weighted by atomic mass is 9.89. The molecule has 0 unspecified atom stereocenters. The number of carbonyl (C=O) groups excluding carboxylic acids is 2. The summed E-state index contributed by atoms with van der Waals surface area (Å²) in [7, 11) is 0. The number of amides is 2. The Morgan fingerprint density at radius 2 is 1.84 bits per heavy atom. The summed E-state index contributed by atoms with van der Waals surface area (Å²) in [6.45, 7) is 3.87. The van der Waals surface area contributed by atoms with Crippen molar-refractivity contribution in [3.8, 4) is 5.75 Å². The Kier molecular flexibility index (Phi) is 3.88. The van der Waals surface area contributed by atoms with Crippen LogP contribution in [-0.2, 0) is 16.0 Å². The number of nitrogens with one attached hydrogen (secondary N) is 1. The number of phenolic OH excluding ortho intramolecular Hbond substituents is 1. The van der Waals surface area contributed by atoms with Crippen molar-refractivity contribution in [2.24, 2.45) is 5.92 Å². The second-order valence-electron chi connectivity index (χ2n) is 5.37. The van der Waals surface area contributed by atoms with Crippen LogP contribution in [0.15, 0.2) is 12.1 Å². The van der Waals surface area contributed by atoms with Crippen LogP contribution in [0, 0.1) is 19.8 Å². The van der Waals surface area contributed by atoms with Gasteiger partial charge in [-0.3, -0.25) is 14.9 Å². The van der Waals surface area contributed by atoms with Crippen LogP contribution in [0.25, 0.3) is 0 Å². The molecule has 0 bridgehead atoms. The summed E-state index contributed by atoms with van der Waals surface area (Å²) in [6, 6.07) is 3.91. The van der Waals surface area contributed by atoms with E-state index in [2.05, 4.69) is 5.32 Å². The molecule has 2 rings (SSSR count). The van der Waals surface area contributed by atoms with Gasteiger partial charge in [-0.15, -0.1) is 0 Å². The summed E-state index contributed by atoms with van der Waals surface area (Å²) in [6.07, 6.45) is 2.24. The van der Waals surface area contributed by atoms with Crippen LogP contribution in [0.2, 0.25) is 0 Å². The Morgan fingerprint density at radius 1 is 1.21 bits per heavy atom. The predicted molar refractivity (Wildman–Crippen MR) is 71.8 cm³/mol. The van der Waals surface area contributed by atoms with Crippen molar-refractivity contribution in [3.63, 3.8) is 0 Å². The van der Waals surface area contributed by atoms with Crippen molar-refractivity contribution in [1.82, 2.24) is 5.32 Å². The third-order valence-electron chi connectivity index (χ3n) is 3.57. The minimum Gasteiger partial charge on any atom is -0.507 e. The van der Waals surface area contributed by atoms with E-state index in [0.717, 1.165) is 23.1 Å². The van der Waals surface area contributed by atoms with Crippen molar-refractivity contribution >= 4 is 11.8 Å². The van der Waals surface area contributed by atoms with E-state index in [4.69, 9.17) is 0 Å². The fourth-order valence-corrected chi connectivity index (χ4v) is 2.66. The highest BCUT2D eigenvalue weighted by molar-refractivity contribution is 5.97. The van der Waals surface area contributed by atoms with Gasteiger partial charge >= 0.3 is 0 Å². The first-order valence-electron chi connectivity index (χ1n) is 6.57. The number of aromatic hydroxyl groups is 1. The highest BCUT2D eigenvalue weighted by Crippen LogP contribution is 2.27. The standard InChI is InChI=1S/C15H19NO3/c1-9-5-10(2)15(19)12(6-9)4-3-11-7-13(17)16-14(18)8-11/h5-6,11,19H,3-4,7-8H2,1-2H3,(H,16,17,18). The van der Waals surface area contributed by atoms with Crippen molar-refractivity contribution in [3.05, 3.63) is 28.8 Å². The van der Waals surface area contributed by atoms with E-state index < -0.39 is 0 Å². The monoisotopic (exact) mass is 261 g/mol. The van der Waals surface area contributed by atoms with Crippen LogP contribution < -0.4 is 5.32 Å². The van der Waals surface area contributed by atoms with Gasteiger partial charge in [0.2, 0.25) is 11.8 Å². The fraction of sp³-hybridized carbons (Fsp3) is 0.467. The average molecular weight is 261 g/mol. The Balaban J connectivity index is 2.02. The quantitative estimate of drug-likeness (QED) is 0.818. The lowest BCUT2D eigenvalue weighted by Crippen LogP contribution is -2.38. The van der Waals surface area contributed by atoms with Crippen LogP contribution in [0.1, 0.15) is 36.0 Å². The van der Waals surface area contributed by atoms with Gasteiger partial charge in [0, 0.05) is 12.8 Å². The predicted octanol–water partition coefficient (Wildman–Crippen LogP) is 1.99. The Hall–Kier alpha value is -1.84. The molecule has 4 nitrogen and oxygen atoms in total. The van der Waals surface area contributed by atoms with Crippen molar-refractivity contribution in [2.45, 2.75) is 39.5 Å². The molecule has 4 heteroatoms. The van der Waals surface area contributed by atoms with E-state index in [-0.39, 0.29) is 17.7 Å². The van der Waals surface area contributed by atoms with Gasteiger partial charge in [-0.2, -0.15) is 0 Å². The lowest BCUT2D eigenvalue weighted by Gasteiger charge is -2.21. The van der Waals surface area contributed by atoms with Crippen LogP contribution in [-0.4, -0.2) is 16.9 Å². The molecule has 1 heterocycles. The van der Waals surface area contributed by atoms with Crippen molar-refractivity contribution < 1.29 is 14.7 Å². The minimum absolute atomic E-state index is 0.0847. The maximum Gasteiger partial charge on any atom is 0.226 e. The molecule has 0 radical (unpaired) electrons. The van der Waals surface area contributed by atoms with E-state index >= 15 is 0 Å². The molecule has 1 aromatic rings. The molecule has 0 atom stereocenters. The first kappa shape index (κ1) is 13.6. The number of piperidine rings is 1. The van der Waals surface area contributed by atoms with Crippen LogP contribution >= 0.6 is 0 Å². The molecule has 0 aromatic heterocycles. The molecule has 19 heavy (non-hydrogen) atoms. The van der Waals surface area contributed by atoms with E-state index in [1.165, 1.54) is 0 Å². The Morgan fingerprint density at radius 3 is 2.47 bits per heavy atom. The van der Waals surface area contributed by atoms with Gasteiger partial charge in [0.25, 0.3) is 0 Å². The highest BCUT2D eigenvalue weighted by atomic mass is 16.3. The molecular formula is C15H19NO3. The number of rotatable bonds is 3. The molecule has 1 aliphatic heterocycles. The van der Waals surface area contributed by atoms with E-state index in [1.54, 1.807) is 0 Å². The summed E-state index contributed by atoms with van der Waals surface area (Å²) in [5.74, 6) is 0.0374. The van der Waals surface area contributed by atoms with E-state index in [9.17, 15) is 14.7 Å². The summed E-state index contributed by atoms with van der Waals surface area (Å²) >= 11 is 0. The normalized spacial score (nSPS) is 16.5. The largest absolute Gasteiger partial charge is 0.507 e. The molecule has 2 amide bonds. The van der Waals surface area contributed by atoms with Gasteiger partial charge < -0.3 is 5.11 Å². The van der Waals surface area contributed by atoms with Gasteiger partial charge in [0.15, 0.2) is 0 Å². The fourth-order valence-electron chi connectivity index (χ4n) is 2.66. The van der Waals surface area contributed by atoms with E-state index in [1.807, 2.05) is 26.0 Å². The molecule has 0 saturated carbocycles. The van der Waals surface area contributed by atoms with E-state index in [0.29, 0.717) is 25.0 Å². The minimum atomic E-state index is -0.189. The first-order chi connectivity index (χ1) is 8.95. The van der Waals surface area contributed by atoms with Gasteiger partial charge in [0.05, 0.1) is 0 Å². The molecule has 1 aliphatic rings. The summed E-state index contributed by atoms with van der Waals surface area (Å²) < 4.78 is 0. The molecule has 1 fully saturated rings. The number of benzene rings is 1. The number of hydrogen-bond donors (Lipinski definition) is 2. The first-order valence-corrected chi connectivity index (χ1v) is 6.57. The maximum atomic E-state index is 11.3. The maximum absolute atomic E-state index is 11.3. The molecule has 1 aromatic carbocycles. The summed E-state index contributed by atoms with van der Waals surface area (Å²) in [5.41, 5.74) is 2.88. The zero-order valence-electron chi connectivity index (χ0n) is 11.3. The van der Waals surface area contributed by atoms with Gasteiger partial charge in [-0.25, -0.2) is 0 Å². The second kappa shape index (κ2) is 5.43. The summed E-state index contributed by atoms with van der Waals surface area (Å²) in [4.78, 5) is 22.6. The SMILES string of the molecule is Cc1cc(C)c(O)c(CCC2CC(=O)NC(=O)C2)c1. The lowest BCUT2D eigenvalue weighted by molar-refractivity contribution is -0.134. The van der Waals surface area contributed by atoms with Crippen LogP contribution in [0.3, 0.4) is 0 Å². The van der Waals surface area contributed by atoms with Crippen molar-refractivity contribution in [1.29, 1.82) is 0 Å². The number of carbonyl (C=O) groups is 2. The third kappa shape index (κ3) is 3.34. The number of hydrogen-bond acceptors (Lipinski definition) is 3. The molecule has 0 aliphatic carbocycles. The number of aryl methyl sites for hydroxylation is 3. The molecule has 0 spiro atoms. The zero-order valence-corrected chi connectivity index (χ0v) is 11.3. The zero-order chi connectivity index (χ0) is 14.0. The average Bonchev–Trinajstić information content (AvgIpc) is 2.30. The molecular weight excluding hydrogens is 242 g/mol. The Labute approximate surface area is 112 Å². The molecule has 1 saturated heterocycles. The van der Waals surface area contributed by atoms with Gasteiger partial charge in [0.1, 0.15) is 5.75 Å². The third-order valence-corrected chi connectivity index (χ3v) is 3.57. The summed E-state index contributed by atoms with van der Waals surface area (Å²) in [5, 5.41) is 12.3. The van der Waals surface area contributed by atoms with Crippen LogP contribution in [0.5, 0.6) is 5.75 Å². The highest BCUT2D eigenvalue weighted by Gasteiger charge is 2.24. The number of imide groups is 1. The smallest absolute Gasteiger partial charge is 0.226 e. The topological polar surface area (TPSA) is 66.4 Å². The second-order valence-corrected chi connectivity index (χ2v) is 5.37. The van der Waals surface area contributed by atoms with Crippen molar-refractivity contribution in [2.75, 3.05) is 0 Å². The number of phenols is 1.